The topological polar surface area (TPSA) is 107 Å². The standard InChI is InChI=1S/C18H20N6O2S/c19-15-12-9-11-5-4-6-13(11)20-18(12)27-16(15)17(25)21-14-10-24(22-26-14)23-7-2-1-3-8-23/h9-10H,1-8H2,(H2-,19,21,22,25). The molecule has 3 aromatic rings. The second-order valence-corrected chi connectivity index (χ2v) is 8.04. The summed E-state index contributed by atoms with van der Waals surface area (Å²) in [6, 6.07) is 2.08. The van der Waals surface area contributed by atoms with Gasteiger partial charge in [0.15, 0.2) is 0 Å². The lowest BCUT2D eigenvalue weighted by atomic mass is 10.1. The number of nitrogen functional groups attached to an aromatic ring is 1. The predicted molar refractivity (Wildman–Crippen MR) is 101 cm³/mol. The average molecular weight is 384 g/mol. The summed E-state index contributed by atoms with van der Waals surface area (Å²) in [5.41, 5.74) is 9.05. The molecule has 0 atom stereocenters. The molecule has 1 aliphatic heterocycles. The highest BCUT2D eigenvalue weighted by Gasteiger charge is 2.23. The number of hydrogen-bond acceptors (Lipinski definition) is 8. The van der Waals surface area contributed by atoms with Crippen molar-refractivity contribution in [3.05, 3.63) is 28.4 Å². The Balaban J connectivity index is 1.46. The molecule has 0 spiro atoms. The number of piperidine rings is 1. The zero-order valence-electron chi connectivity index (χ0n) is 14.8. The Morgan fingerprint density at radius 1 is 1.26 bits per heavy atom. The van der Waals surface area contributed by atoms with E-state index in [-0.39, 0.29) is 5.88 Å². The van der Waals surface area contributed by atoms with Crippen LogP contribution in [0.3, 0.4) is 0 Å². The van der Waals surface area contributed by atoms with Gasteiger partial charge in [0.25, 0.3) is 6.20 Å². The van der Waals surface area contributed by atoms with E-state index in [1.54, 1.807) is 11.0 Å². The summed E-state index contributed by atoms with van der Waals surface area (Å²) in [5.74, 6) is -0.240. The summed E-state index contributed by atoms with van der Waals surface area (Å²) in [4.78, 5) is 11.6. The highest BCUT2D eigenvalue weighted by Crippen LogP contribution is 2.35. The first-order valence-corrected chi connectivity index (χ1v) is 10.1. The third-order valence-corrected chi connectivity index (χ3v) is 6.32. The van der Waals surface area contributed by atoms with E-state index >= 15 is 0 Å². The first kappa shape index (κ1) is 16.5. The van der Waals surface area contributed by atoms with Crippen molar-refractivity contribution >= 4 is 39.0 Å². The molecule has 0 radical (unpaired) electrons. The molecule has 0 amide bonds. The van der Waals surface area contributed by atoms with Gasteiger partial charge in [0.1, 0.15) is 4.83 Å². The van der Waals surface area contributed by atoms with Crippen molar-refractivity contribution in [1.82, 2.24) is 10.3 Å². The molecular formula is C18H20N6O2S. The largest absolute Gasteiger partial charge is 0.857 e. The van der Waals surface area contributed by atoms with Gasteiger partial charge in [0.05, 0.1) is 28.4 Å². The smallest absolute Gasteiger partial charge is 0.324 e. The Bertz CT molecular complexity index is 1030. The van der Waals surface area contributed by atoms with Gasteiger partial charge in [-0.3, -0.25) is 4.52 Å². The fraction of sp³-hybridized carbons (Fsp3) is 0.444. The molecule has 4 heterocycles. The summed E-state index contributed by atoms with van der Waals surface area (Å²) >= 11 is 1.29. The van der Waals surface area contributed by atoms with Crippen molar-refractivity contribution in [2.75, 3.05) is 23.8 Å². The number of aromatic nitrogens is 3. The van der Waals surface area contributed by atoms with Gasteiger partial charge >= 0.3 is 5.88 Å². The minimum absolute atomic E-state index is 0.179. The van der Waals surface area contributed by atoms with E-state index in [1.807, 2.05) is 0 Å². The first-order valence-electron chi connectivity index (χ1n) is 9.30. The third-order valence-electron chi connectivity index (χ3n) is 5.22. The monoisotopic (exact) mass is 384 g/mol. The number of pyridine rings is 1. The molecule has 2 aliphatic rings. The highest BCUT2D eigenvalue weighted by atomic mass is 32.1. The van der Waals surface area contributed by atoms with Crippen LogP contribution in [-0.2, 0) is 12.8 Å². The Morgan fingerprint density at radius 3 is 2.96 bits per heavy atom. The van der Waals surface area contributed by atoms with Crippen LogP contribution >= 0.6 is 11.3 Å². The zero-order valence-corrected chi connectivity index (χ0v) is 15.7. The van der Waals surface area contributed by atoms with Crippen LogP contribution in [0.15, 0.2) is 21.8 Å². The molecule has 1 fully saturated rings. The van der Waals surface area contributed by atoms with Crippen LogP contribution < -0.4 is 20.6 Å². The van der Waals surface area contributed by atoms with Crippen LogP contribution in [0.5, 0.6) is 0 Å². The van der Waals surface area contributed by atoms with Crippen LogP contribution in [0.2, 0.25) is 0 Å². The number of anilines is 1. The number of nitrogens with zero attached hydrogens (tertiary/aromatic N) is 5. The van der Waals surface area contributed by atoms with Crippen LogP contribution in [0.1, 0.15) is 41.8 Å². The van der Waals surface area contributed by atoms with Gasteiger partial charge in [0.2, 0.25) is 5.27 Å². The average Bonchev–Trinajstić information content (AvgIpc) is 3.40. The Hall–Kier alpha value is -2.68. The van der Waals surface area contributed by atoms with Crippen molar-refractivity contribution in [2.24, 2.45) is 4.99 Å². The summed E-state index contributed by atoms with van der Waals surface area (Å²) < 4.78 is 5.22. The van der Waals surface area contributed by atoms with E-state index in [0.717, 1.165) is 61.1 Å². The summed E-state index contributed by atoms with van der Waals surface area (Å²) in [5, 5.41) is 19.6. The van der Waals surface area contributed by atoms with E-state index in [4.69, 9.17) is 15.2 Å². The van der Waals surface area contributed by atoms with Gasteiger partial charge in [-0.25, -0.2) is 9.98 Å². The third kappa shape index (κ3) is 2.91. The molecule has 3 aromatic heterocycles. The zero-order chi connectivity index (χ0) is 18.4. The Morgan fingerprint density at radius 2 is 2.11 bits per heavy atom. The molecule has 1 aliphatic carbocycles. The molecule has 9 heteroatoms. The van der Waals surface area contributed by atoms with Gasteiger partial charge in [-0.2, -0.15) is 5.01 Å². The molecule has 0 saturated carbocycles. The van der Waals surface area contributed by atoms with E-state index in [1.165, 1.54) is 23.3 Å². The number of fused-ring (bicyclic) bond motifs is 2. The molecule has 1 saturated heterocycles. The maximum atomic E-state index is 12.7. The summed E-state index contributed by atoms with van der Waals surface area (Å²) in [6.45, 7) is 1.84. The minimum atomic E-state index is -0.419. The lowest BCUT2D eigenvalue weighted by Gasteiger charge is -2.17. The van der Waals surface area contributed by atoms with E-state index in [2.05, 4.69) is 21.3 Å². The van der Waals surface area contributed by atoms with Crippen molar-refractivity contribution in [3.8, 4) is 0 Å². The molecule has 140 valence electrons. The lowest BCUT2D eigenvalue weighted by Crippen LogP contribution is -2.60. The van der Waals surface area contributed by atoms with E-state index < -0.39 is 5.90 Å². The molecule has 0 aromatic carbocycles. The molecule has 2 N–H and O–H groups in total. The van der Waals surface area contributed by atoms with Crippen LogP contribution in [0.4, 0.5) is 11.6 Å². The van der Waals surface area contributed by atoms with Crippen molar-refractivity contribution < 1.29 is 14.4 Å². The number of rotatable bonds is 3. The number of nitrogens with two attached hydrogens (primary N) is 1. The predicted octanol–water partition coefficient (Wildman–Crippen LogP) is 1.20. The van der Waals surface area contributed by atoms with Crippen LogP contribution in [0.25, 0.3) is 10.2 Å². The SMILES string of the molecule is Nc1c(/C([O-])=N/c2c[n+](N3CCCCC3)no2)sc2nc3c(cc12)CCC3. The number of aliphatic imine (C=N–C) groups is 1. The van der Waals surface area contributed by atoms with Gasteiger partial charge in [-0.15, -0.1) is 11.3 Å². The van der Waals surface area contributed by atoms with Gasteiger partial charge in [-0.1, -0.05) is 0 Å². The van der Waals surface area contributed by atoms with Crippen molar-refractivity contribution in [3.63, 3.8) is 0 Å². The van der Waals surface area contributed by atoms with Gasteiger partial charge < -0.3 is 10.8 Å². The Kier molecular flexibility index (Phi) is 3.96. The maximum Gasteiger partial charge on any atom is 0.324 e. The Labute approximate surface area is 159 Å². The van der Waals surface area contributed by atoms with E-state index in [0.29, 0.717) is 10.6 Å². The fourth-order valence-electron chi connectivity index (χ4n) is 3.80. The van der Waals surface area contributed by atoms with Crippen LogP contribution in [-0.4, -0.2) is 29.2 Å². The van der Waals surface area contributed by atoms with Crippen molar-refractivity contribution in [1.29, 1.82) is 0 Å². The normalized spacial score (nSPS) is 17.6. The second-order valence-electron chi connectivity index (χ2n) is 7.04. The first-order chi connectivity index (χ1) is 13.2. The number of aryl methyl sites for hydroxylation is 2. The lowest BCUT2D eigenvalue weighted by molar-refractivity contribution is -0.759. The second kappa shape index (κ2) is 6.49. The molecule has 0 unspecified atom stereocenters. The van der Waals surface area contributed by atoms with Crippen molar-refractivity contribution in [2.45, 2.75) is 38.5 Å². The number of hydrogen-bond donors (Lipinski definition) is 1. The maximum absolute atomic E-state index is 12.7. The highest BCUT2D eigenvalue weighted by molar-refractivity contribution is 7.21. The molecular weight excluding hydrogens is 364 g/mol. The van der Waals surface area contributed by atoms with E-state index in [9.17, 15) is 5.11 Å². The molecule has 0 bridgehead atoms. The van der Waals surface area contributed by atoms with Crippen LogP contribution in [0, 0.1) is 0 Å². The number of thiophene rings is 1. The summed E-state index contributed by atoms with van der Waals surface area (Å²) in [6.07, 6.45) is 8.26. The quantitative estimate of drug-likeness (QED) is 0.413. The molecule has 27 heavy (non-hydrogen) atoms. The van der Waals surface area contributed by atoms with Gasteiger partial charge in [-0.05, 0) is 50.2 Å². The minimum Gasteiger partial charge on any atom is -0.857 e. The van der Waals surface area contributed by atoms with Gasteiger partial charge in [0, 0.05) is 17.0 Å². The molecule has 8 nitrogen and oxygen atoms in total. The molecule has 5 rings (SSSR count). The fourth-order valence-corrected chi connectivity index (χ4v) is 4.78. The summed E-state index contributed by atoms with van der Waals surface area (Å²) in [7, 11) is 0.